The van der Waals surface area contributed by atoms with Crippen molar-refractivity contribution in [2.75, 3.05) is 12.4 Å². The summed E-state index contributed by atoms with van der Waals surface area (Å²) in [6.07, 6.45) is 1.71. The van der Waals surface area contributed by atoms with Crippen molar-refractivity contribution >= 4 is 22.6 Å². The Hall–Kier alpha value is -3.67. The number of ether oxygens (including phenoxy) is 1. The number of anilines is 1. The van der Waals surface area contributed by atoms with Gasteiger partial charge < -0.3 is 10.1 Å². The minimum Gasteiger partial charge on any atom is -0.495 e. The molecule has 30 heavy (non-hydrogen) atoms. The quantitative estimate of drug-likeness (QED) is 0.497. The van der Waals surface area contributed by atoms with Crippen LogP contribution >= 0.6 is 0 Å². The van der Waals surface area contributed by atoms with E-state index in [-0.39, 0.29) is 11.9 Å². The molecule has 2 aromatic carbocycles. The summed E-state index contributed by atoms with van der Waals surface area (Å²) in [4.78, 5) is 18.1. The number of para-hydroxylation sites is 2. The molecule has 1 amide bonds. The molecule has 0 fully saturated rings. The second-order valence-corrected chi connectivity index (χ2v) is 7.50. The van der Waals surface area contributed by atoms with Gasteiger partial charge in [0, 0.05) is 11.6 Å². The molecule has 0 spiro atoms. The molecule has 6 heteroatoms. The number of hydrogen-bond acceptors (Lipinski definition) is 4. The number of nitrogens with zero attached hydrogens (tertiary/aromatic N) is 3. The monoisotopic (exact) mass is 400 g/mol. The normalized spacial score (nSPS) is 11.1. The van der Waals surface area contributed by atoms with Gasteiger partial charge in [0.05, 0.1) is 35.6 Å². The number of pyridine rings is 1. The van der Waals surface area contributed by atoms with Crippen LogP contribution in [0.5, 0.6) is 5.75 Å². The van der Waals surface area contributed by atoms with Crippen LogP contribution < -0.4 is 10.1 Å². The van der Waals surface area contributed by atoms with E-state index in [2.05, 4.69) is 10.4 Å². The van der Waals surface area contributed by atoms with Crippen LogP contribution in [0.1, 0.15) is 35.8 Å². The van der Waals surface area contributed by atoms with E-state index in [0.717, 1.165) is 11.3 Å². The molecule has 4 aromatic rings. The Morgan fingerprint density at radius 1 is 1.10 bits per heavy atom. The van der Waals surface area contributed by atoms with Crippen molar-refractivity contribution in [2.24, 2.45) is 0 Å². The number of amides is 1. The highest BCUT2D eigenvalue weighted by atomic mass is 16.5. The number of fused-ring (bicyclic) bond motifs is 1. The van der Waals surface area contributed by atoms with E-state index >= 15 is 0 Å². The van der Waals surface area contributed by atoms with E-state index in [0.29, 0.717) is 28.0 Å². The van der Waals surface area contributed by atoms with Crippen LogP contribution in [0.4, 0.5) is 5.69 Å². The van der Waals surface area contributed by atoms with Gasteiger partial charge in [0.1, 0.15) is 5.75 Å². The number of carbonyl (C=O) groups is 1. The molecule has 0 aliphatic heterocycles. The third-order valence-corrected chi connectivity index (χ3v) is 5.00. The van der Waals surface area contributed by atoms with Crippen LogP contribution in [0, 0.1) is 6.92 Å². The van der Waals surface area contributed by atoms with Crippen LogP contribution in [-0.4, -0.2) is 27.8 Å². The lowest BCUT2D eigenvalue weighted by Gasteiger charge is -2.12. The maximum atomic E-state index is 13.3. The zero-order valence-corrected chi connectivity index (χ0v) is 17.5. The van der Waals surface area contributed by atoms with Crippen molar-refractivity contribution in [3.05, 3.63) is 71.9 Å². The Bertz CT molecular complexity index is 1210. The van der Waals surface area contributed by atoms with E-state index in [4.69, 9.17) is 9.72 Å². The van der Waals surface area contributed by atoms with Crippen LogP contribution in [0.25, 0.3) is 22.3 Å². The second kappa shape index (κ2) is 7.99. The Kier molecular flexibility index (Phi) is 5.23. The molecule has 2 aromatic heterocycles. The Balaban J connectivity index is 1.85. The number of nitrogens with one attached hydrogen (secondary N) is 1. The second-order valence-electron chi connectivity index (χ2n) is 7.50. The summed E-state index contributed by atoms with van der Waals surface area (Å²) in [5, 5.41) is 8.16. The topological polar surface area (TPSA) is 69.0 Å². The van der Waals surface area contributed by atoms with Gasteiger partial charge >= 0.3 is 0 Å². The molecular weight excluding hydrogens is 376 g/mol. The molecule has 152 valence electrons. The number of methoxy groups -OCH3 is 1. The van der Waals surface area contributed by atoms with Crippen molar-refractivity contribution in [2.45, 2.75) is 26.8 Å². The zero-order valence-electron chi connectivity index (χ0n) is 17.5. The molecular formula is C24H24N4O2. The first-order valence-electron chi connectivity index (χ1n) is 9.87. The van der Waals surface area contributed by atoms with E-state index in [1.54, 1.807) is 13.3 Å². The standard InChI is InChI=1S/C24H24N4O2/c1-15(2)28-23-19(14-25-28)18(13-21(26-23)17-11-9-16(3)10-12-17)24(29)27-20-7-5-6-8-22(20)30-4/h5-15H,1-4H3,(H,27,29). The third-order valence-electron chi connectivity index (χ3n) is 5.00. The fourth-order valence-electron chi connectivity index (χ4n) is 3.39. The predicted molar refractivity (Wildman–Crippen MR) is 119 cm³/mol. The summed E-state index contributed by atoms with van der Waals surface area (Å²) >= 11 is 0. The molecule has 2 heterocycles. The largest absolute Gasteiger partial charge is 0.495 e. The van der Waals surface area contributed by atoms with Crippen LogP contribution in [0.2, 0.25) is 0 Å². The fourth-order valence-corrected chi connectivity index (χ4v) is 3.39. The van der Waals surface area contributed by atoms with Crippen molar-refractivity contribution in [1.82, 2.24) is 14.8 Å². The summed E-state index contributed by atoms with van der Waals surface area (Å²) in [7, 11) is 1.58. The SMILES string of the molecule is COc1ccccc1NC(=O)c1cc(-c2ccc(C)cc2)nc2c1cnn2C(C)C. The van der Waals surface area contributed by atoms with Crippen molar-refractivity contribution in [3.8, 4) is 17.0 Å². The molecule has 0 unspecified atom stereocenters. The Morgan fingerprint density at radius 3 is 2.53 bits per heavy atom. The highest BCUT2D eigenvalue weighted by Gasteiger charge is 2.19. The number of carbonyl (C=O) groups excluding carboxylic acids is 1. The van der Waals surface area contributed by atoms with E-state index in [9.17, 15) is 4.79 Å². The molecule has 1 N–H and O–H groups in total. The van der Waals surface area contributed by atoms with Gasteiger partial charge in [-0.1, -0.05) is 42.0 Å². The van der Waals surface area contributed by atoms with Crippen LogP contribution in [-0.2, 0) is 0 Å². The number of aromatic nitrogens is 3. The van der Waals surface area contributed by atoms with Gasteiger partial charge in [-0.05, 0) is 39.0 Å². The Labute approximate surface area is 175 Å². The van der Waals surface area contributed by atoms with Gasteiger partial charge in [0.15, 0.2) is 5.65 Å². The fraction of sp³-hybridized carbons (Fsp3) is 0.208. The number of aryl methyl sites for hydroxylation is 1. The molecule has 0 bridgehead atoms. The van der Waals surface area contributed by atoms with E-state index in [1.165, 1.54) is 5.56 Å². The lowest BCUT2D eigenvalue weighted by Crippen LogP contribution is -2.14. The summed E-state index contributed by atoms with van der Waals surface area (Å²) < 4.78 is 7.21. The maximum absolute atomic E-state index is 13.3. The van der Waals surface area contributed by atoms with Gasteiger partial charge in [0.25, 0.3) is 5.91 Å². The number of benzene rings is 2. The van der Waals surface area contributed by atoms with Crippen molar-refractivity contribution in [1.29, 1.82) is 0 Å². The smallest absolute Gasteiger partial charge is 0.256 e. The van der Waals surface area contributed by atoms with Gasteiger partial charge in [-0.15, -0.1) is 0 Å². The third kappa shape index (κ3) is 3.64. The summed E-state index contributed by atoms with van der Waals surface area (Å²) in [6.45, 7) is 6.13. The van der Waals surface area contributed by atoms with Crippen LogP contribution in [0.15, 0.2) is 60.8 Å². The lowest BCUT2D eigenvalue weighted by molar-refractivity contribution is 0.102. The highest BCUT2D eigenvalue weighted by molar-refractivity contribution is 6.13. The van der Waals surface area contributed by atoms with Gasteiger partial charge in [-0.25, -0.2) is 9.67 Å². The number of rotatable bonds is 5. The van der Waals surface area contributed by atoms with Gasteiger partial charge in [-0.3, -0.25) is 4.79 Å². The zero-order chi connectivity index (χ0) is 21.3. The summed E-state index contributed by atoms with van der Waals surface area (Å²) in [6, 6.07) is 17.4. The number of hydrogen-bond donors (Lipinski definition) is 1. The van der Waals surface area contributed by atoms with E-state index < -0.39 is 0 Å². The average Bonchev–Trinajstić information content (AvgIpc) is 3.18. The molecule has 0 saturated carbocycles. The summed E-state index contributed by atoms with van der Waals surface area (Å²) in [5.74, 6) is 0.372. The summed E-state index contributed by atoms with van der Waals surface area (Å²) in [5.41, 5.74) is 4.67. The lowest BCUT2D eigenvalue weighted by atomic mass is 10.0. The average molecular weight is 400 g/mol. The van der Waals surface area contributed by atoms with Crippen molar-refractivity contribution in [3.63, 3.8) is 0 Å². The molecule has 0 aliphatic rings. The molecule has 0 atom stereocenters. The minimum atomic E-state index is -0.233. The Morgan fingerprint density at radius 2 is 1.83 bits per heavy atom. The molecule has 0 radical (unpaired) electrons. The van der Waals surface area contributed by atoms with Gasteiger partial charge in [0.2, 0.25) is 0 Å². The highest BCUT2D eigenvalue weighted by Crippen LogP contribution is 2.29. The van der Waals surface area contributed by atoms with Crippen LogP contribution in [0.3, 0.4) is 0 Å². The first kappa shape index (κ1) is 19.6. The molecule has 6 nitrogen and oxygen atoms in total. The van der Waals surface area contributed by atoms with Gasteiger partial charge in [-0.2, -0.15) is 5.10 Å². The first-order valence-corrected chi connectivity index (χ1v) is 9.87. The molecule has 4 rings (SSSR count). The minimum absolute atomic E-state index is 0.119. The maximum Gasteiger partial charge on any atom is 0.256 e. The molecule has 0 saturated heterocycles. The molecule has 0 aliphatic carbocycles. The predicted octanol–water partition coefficient (Wildman–Crippen LogP) is 5.25. The van der Waals surface area contributed by atoms with E-state index in [1.807, 2.05) is 80.1 Å². The van der Waals surface area contributed by atoms with Crippen molar-refractivity contribution < 1.29 is 9.53 Å². The first-order chi connectivity index (χ1) is 14.5.